The fourth-order valence-electron chi connectivity index (χ4n) is 1.92. The van der Waals surface area contributed by atoms with Crippen molar-refractivity contribution in [1.82, 2.24) is 5.32 Å². The molecule has 4 nitrogen and oxygen atoms in total. The molecule has 5 heteroatoms. The van der Waals surface area contributed by atoms with E-state index in [1.807, 2.05) is 31.2 Å². The number of halogens is 1. The molecule has 2 aromatic rings. The molecule has 1 aromatic heterocycles. The molecule has 0 spiro atoms. The number of benzene rings is 1. The summed E-state index contributed by atoms with van der Waals surface area (Å²) in [4.78, 5) is 12.1. The molecule has 1 amide bonds. The van der Waals surface area contributed by atoms with Crippen LogP contribution in [0.1, 0.15) is 35.3 Å². The van der Waals surface area contributed by atoms with Gasteiger partial charge in [-0.15, -0.1) is 0 Å². The number of nitrogens with one attached hydrogen (secondary N) is 1. The number of pyridine rings is 1. The van der Waals surface area contributed by atoms with Gasteiger partial charge in [-0.3, -0.25) is 4.79 Å². The van der Waals surface area contributed by atoms with E-state index < -0.39 is 0 Å². The number of amides is 1. The van der Waals surface area contributed by atoms with Gasteiger partial charge in [-0.1, -0.05) is 35.0 Å². The molecule has 0 fully saturated rings. The molecule has 0 saturated carbocycles. The summed E-state index contributed by atoms with van der Waals surface area (Å²) in [5.74, 6) is -0.180. The van der Waals surface area contributed by atoms with E-state index in [-0.39, 0.29) is 11.9 Å². The van der Waals surface area contributed by atoms with Gasteiger partial charge in [-0.2, -0.15) is 4.73 Å². The zero-order chi connectivity index (χ0) is 14.5. The van der Waals surface area contributed by atoms with Crippen LogP contribution >= 0.6 is 15.9 Å². The standard InChI is InChI=1S/C15H15BrN2O2/c1-2-14(11-3-5-13(16)6-4-11)17-15(19)12-7-9-18(20)10-8-12/h3-10,14H,2H2,1H3,(H,17,19). The lowest BCUT2D eigenvalue weighted by Gasteiger charge is -2.17. The number of rotatable bonds is 4. The highest BCUT2D eigenvalue weighted by Gasteiger charge is 2.14. The van der Waals surface area contributed by atoms with Gasteiger partial charge in [-0.05, 0) is 24.1 Å². The van der Waals surface area contributed by atoms with Crippen molar-refractivity contribution in [3.8, 4) is 0 Å². The van der Waals surface area contributed by atoms with Crippen LogP contribution in [0.25, 0.3) is 0 Å². The highest BCUT2D eigenvalue weighted by Crippen LogP contribution is 2.19. The number of hydrogen-bond acceptors (Lipinski definition) is 2. The van der Waals surface area contributed by atoms with Gasteiger partial charge >= 0.3 is 0 Å². The SMILES string of the molecule is CCC(NC(=O)c1cc[n+]([O-])cc1)c1ccc(Br)cc1. The molecule has 1 heterocycles. The van der Waals surface area contributed by atoms with Gasteiger partial charge in [-0.25, -0.2) is 0 Å². The maximum absolute atomic E-state index is 12.1. The predicted octanol–water partition coefficient (Wildman–Crippen LogP) is 2.96. The number of nitrogens with zero attached hydrogens (tertiary/aromatic N) is 1. The van der Waals surface area contributed by atoms with Crippen molar-refractivity contribution in [3.05, 3.63) is 69.6 Å². The summed E-state index contributed by atoms with van der Waals surface area (Å²) in [6.45, 7) is 2.02. The van der Waals surface area contributed by atoms with Crippen LogP contribution in [0.15, 0.2) is 53.3 Å². The quantitative estimate of drug-likeness (QED) is 0.690. The molecular weight excluding hydrogens is 320 g/mol. The summed E-state index contributed by atoms with van der Waals surface area (Å²) >= 11 is 3.39. The molecule has 1 atom stereocenters. The predicted molar refractivity (Wildman–Crippen MR) is 80.0 cm³/mol. The van der Waals surface area contributed by atoms with Crippen LogP contribution in [-0.4, -0.2) is 5.91 Å². The third-order valence-electron chi connectivity index (χ3n) is 3.05. The van der Waals surface area contributed by atoms with Crippen molar-refractivity contribution in [2.24, 2.45) is 0 Å². The molecule has 2 rings (SSSR count). The highest BCUT2D eigenvalue weighted by molar-refractivity contribution is 9.10. The first kappa shape index (κ1) is 14.5. The molecule has 20 heavy (non-hydrogen) atoms. The first-order valence-electron chi connectivity index (χ1n) is 6.35. The summed E-state index contributed by atoms with van der Waals surface area (Å²) in [5.41, 5.74) is 1.53. The molecule has 0 aliphatic rings. The van der Waals surface area contributed by atoms with Crippen molar-refractivity contribution in [1.29, 1.82) is 0 Å². The van der Waals surface area contributed by atoms with Gasteiger partial charge < -0.3 is 10.5 Å². The Morgan fingerprint density at radius 2 is 1.85 bits per heavy atom. The molecule has 104 valence electrons. The number of carbonyl (C=O) groups excluding carboxylic acids is 1. The lowest BCUT2D eigenvalue weighted by atomic mass is 10.0. The minimum absolute atomic E-state index is 0.0461. The fraction of sp³-hybridized carbons (Fsp3) is 0.200. The molecule has 0 radical (unpaired) electrons. The normalized spacial score (nSPS) is 11.9. The van der Waals surface area contributed by atoms with Crippen LogP contribution in [0.5, 0.6) is 0 Å². The fourth-order valence-corrected chi connectivity index (χ4v) is 2.19. The summed E-state index contributed by atoms with van der Waals surface area (Å²) in [7, 11) is 0. The maximum atomic E-state index is 12.1. The number of carbonyl (C=O) groups is 1. The van der Waals surface area contributed by atoms with E-state index in [9.17, 15) is 10.0 Å². The maximum Gasteiger partial charge on any atom is 0.252 e. The Balaban J connectivity index is 2.11. The van der Waals surface area contributed by atoms with Crippen LogP contribution < -0.4 is 10.0 Å². The van der Waals surface area contributed by atoms with Gasteiger partial charge in [0, 0.05) is 16.6 Å². The van der Waals surface area contributed by atoms with Gasteiger partial charge in [0.15, 0.2) is 12.4 Å². The van der Waals surface area contributed by atoms with E-state index in [0.717, 1.165) is 16.5 Å². The van der Waals surface area contributed by atoms with Gasteiger partial charge in [0.1, 0.15) is 0 Å². The Labute approximate surface area is 126 Å². The molecule has 1 aromatic carbocycles. The third-order valence-corrected chi connectivity index (χ3v) is 3.58. The van der Waals surface area contributed by atoms with Crippen LogP contribution in [0, 0.1) is 5.21 Å². The molecular formula is C15H15BrN2O2. The molecule has 1 N–H and O–H groups in total. The summed E-state index contributed by atoms with van der Waals surface area (Å²) in [6.07, 6.45) is 3.42. The van der Waals surface area contributed by atoms with Crippen molar-refractivity contribution in [2.75, 3.05) is 0 Å². The topological polar surface area (TPSA) is 56.0 Å². The Bertz CT molecular complexity index is 582. The van der Waals surface area contributed by atoms with Crippen molar-refractivity contribution in [3.63, 3.8) is 0 Å². The Morgan fingerprint density at radius 1 is 1.25 bits per heavy atom. The summed E-state index contributed by atoms with van der Waals surface area (Å²) < 4.78 is 1.66. The van der Waals surface area contributed by atoms with Crippen LogP contribution in [0.2, 0.25) is 0 Å². The Morgan fingerprint density at radius 3 is 2.40 bits per heavy atom. The molecule has 0 bridgehead atoms. The smallest absolute Gasteiger partial charge is 0.252 e. The van der Waals surface area contributed by atoms with Crippen molar-refractivity contribution >= 4 is 21.8 Å². The van der Waals surface area contributed by atoms with E-state index in [1.54, 1.807) is 0 Å². The second-order valence-electron chi connectivity index (χ2n) is 4.43. The molecule has 1 unspecified atom stereocenters. The molecule has 0 aliphatic carbocycles. The Kier molecular flexibility index (Phi) is 4.74. The average molecular weight is 335 g/mol. The monoisotopic (exact) mass is 334 g/mol. The van der Waals surface area contributed by atoms with Gasteiger partial charge in [0.25, 0.3) is 5.91 Å². The first-order valence-corrected chi connectivity index (χ1v) is 7.14. The van der Waals surface area contributed by atoms with Crippen LogP contribution in [-0.2, 0) is 0 Å². The second kappa shape index (κ2) is 6.52. The van der Waals surface area contributed by atoms with Crippen LogP contribution in [0.4, 0.5) is 0 Å². The second-order valence-corrected chi connectivity index (χ2v) is 5.35. The van der Waals surface area contributed by atoms with Gasteiger partial charge in [0.05, 0.1) is 11.6 Å². The minimum atomic E-state index is -0.180. The van der Waals surface area contributed by atoms with Crippen molar-refractivity contribution in [2.45, 2.75) is 19.4 Å². The van der Waals surface area contributed by atoms with Gasteiger partial charge in [0.2, 0.25) is 0 Å². The van der Waals surface area contributed by atoms with Crippen molar-refractivity contribution < 1.29 is 9.52 Å². The molecule has 0 aliphatic heterocycles. The van der Waals surface area contributed by atoms with E-state index in [2.05, 4.69) is 21.2 Å². The van der Waals surface area contributed by atoms with E-state index >= 15 is 0 Å². The summed E-state index contributed by atoms with van der Waals surface area (Å²) in [5, 5.41) is 13.9. The molecule has 0 saturated heterocycles. The Hall–Kier alpha value is -1.88. The number of hydrogen-bond donors (Lipinski definition) is 1. The van der Waals surface area contributed by atoms with E-state index in [4.69, 9.17) is 0 Å². The lowest BCUT2D eigenvalue weighted by molar-refractivity contribution is -0.605. The highest BCUT2D eigenvalue weighted by atomic mass is 79.9. The lowest BCUT2D eigenvalue weighted by Crippen LogP contribution is -2.30. The third kappa shape index (κ3) is 3.57. The van der Waals surface area contributed by atoms with Crippen LogP contribution in [0.3, 0.4) is 0 Å². The number of aromatic nitrogens is 1. The van der Waals surface area contributed by atoms with E-state index in [1.165, 1.54) is 24.5 Å². The first-order chi connectivity index (χ1) is 9.60. The average Bonchev–Trinajstić information content (AvgIpc) is 2.46. The van der Waals surface area contributed by atoms with E-state index in [0.29, 0.717) is 10.3 Å². The zero-order valence-corrected chi connectivity index (χ0v) is 12.6. The minimum Gasteiger partial charge on any atom is -0.619 e. The summed E-state index contributed by atoms with van der Waals surface area (Å²) in [6, 6.07) is 10.8. The zero-order valence-electron chi connectivity index (χ0n) is 11.0. The largest absolute Gasteiger partial charge is 0.619 e.